The van der Waals surface area contributed by atoms with Gasteiger partial charge in [-0.25, -0.2) is 0 Å². The molecular formula is C25H24N2O4. The van der Waals surface area contributed by atoms with Crippen LogP contribution in [-0.2, 0) is 4.79 Å². The quantitative estimate of drug-likeness (QED) is 0.648. The van der Waals surface area contributed by atoms with Crippen molar-refractivity contribution in [3.05, 3.63) is 82.2 Å². The zero-order valence-electron chi connectivity index (χ0n) is 17.8. The molecule has 0 amide bonds. The van der Waals surface area contributed by atoms with Crippen LogP contribution in [0, 0.1) is 6.92 Å². The van der Waals surface area contributed by atoms with Crippen molar-refractivity contribution in [1.82, 2.24) is 5.16 Å². The third-order valence-electron chi connectivity index (χ3n) is 6.28. The number of hydrogen-bond donors (Lipinski definition) is 1. The number of fused-ring (bicyclic) bond motifs is 1. The summed E-state index contributed by atoms with van der Waals surface area (Å²) in [5, 5.41) is 7.56. The van der Waals surface area contributed by atoms with Gasteiger partial charge in [-0.15, -0.1) is 0 Å². The highest BCUT2D eigenvalue weighted by atomic mass is 16.5. The zero-order chi connectivity index (χ0) is 21.5. The Labute approximate surface area is 180 Å². The molecule has 2 heterocycles. The molecule has 158 valence electrons. The molecule has 2 atom stereocenters. The van der Waals surface area contributed by atoms with Crippen LogP contribution in [0.15, 0.2) is 64.3 Å². The summed E-state index contributed by atoms with van der Waals surface area (Å²) < 4.78 is 16.7. The number of ether oxygens (including phenoxy) is 2. The van der Waals surface area contributed by atoms with E-state index in [1.807, 2.05) is 43.3 Å². The van der Waals surface area contributed by atoms with Crippen LogP contribution in [0.4, 0.5) is 5.88 Å². The van der Waals surface area contributed by atoms with Gasteiger partial charge in [0.25, 0.3) is 0 Å². The number of anilines is 1. The molecule has 6 nitrogen and oxygen atoms in total. The number of nitrogens with zero attached hydrogens (tertiary/aromatic N) is 1. The molecule has 1 aliphatic carbocycles. The minimum absolute atomic E-state index is 0.129. The molecule has 1 N–H and O–H groups in total. The summed E-state index contributed by atoms with van der Waals surface area (Å²) in [6.45, 7) is 1.90. The van der Waals surface area contributed by atoms with Gasteiger partial charge in [0.2, 0.25) is 5.88 Å². The third-order valence-corrected chi connectivity index (χ3v) is 6.28. The second-order valence-corrected chi connectivity index (χ2v) is 8.01. The Bertz CT molecular complexity index is 1180. The maximum Gasteiger partial charge on any atom is 0.233 e. The number of benzene rings is 2. The molecule has 2 unspecified atom stereocenters. The molecule has 0 spiro atoms. The van der Waals surface area contributed by atoms with Gasteiger partial charge in [-0.2, -0.15) is 0 Å². The van der Waals surface area contributed by atoms with E-state index in [1.54, 1.807) is 14.2 Å². The number of hydrogen-bond acceptors (Lipinski definition) is 6. The topological polar surface area (TPSA) is 73.6 Å². The lowest BCUT2D eigenvalue weighted by Crippen LogP contribution is -2.29. The molecule has 0 bridgehead atoms. The SMILES string of the molecule is COc1ccc(C2C3=C(CC(c4ccccc4)CC3=O)Nc3onc(C)c32)c(OC)c1. The highest BCUT2D eigenvalue weighted by Gasteiger charge is 2.42. The summed E-state index contributed by atoms with van der Waals surface area (Å²) in [5.41, 5.74) is 5.38. The van der Waals surface area contributed by atoms with Crippen molar-refractivity contribution < 1.29 is 18.8 Å². The summed E-state index contributed by atoms with van der Waals surface area (Å²) in [4.78, 5) is 13.5. The van der Waals surface area contributed by atoms with Gasteiger partial charge in [0.15, 0.2) is 5.78 Å². The Kier molecular flexibility index (Phi) is 4.77. The lowest BCUT2D eigenvalue weighted by molar-refractivity contribution is -0.116. The van der Waals surface area contributed by atoms with Crippen LogP contribution in [0.2, 0.25) is 0 Å². The number of methoxy groups -OCH3 is 2. The molecule has 1 aliphatic heterocycles. The summed E-state index contributed by atoms with van der Waals surface area (Å²) >= 11 is 0. The van der Waals surface area contributed by atoms with Gasteiger partial charge >= 0.3 is 0 Å². The van der Waals surface area contributed by atoms with Crippen molar-refractivity contribution >= 4 is 11.7 Å². The molecular weight excluding hydrogens is 392 g/mol. The number of aromatic nitrogens is 1. The number of Topliss-reactive ketones (excluding diaryl/α,β-unsaturated/α-hetero) is 1. The maximum absolute atomic E-state index is 13.5. The molecule has 0 radical (unpaired) electrons. The fourth-order valence-electron chi connectivity index (χ4n) is 4.80. The number of ketones is 1. The first-order chi connectivity index (χ1) is 15.1. The van der Waals surface area contributed by atoms with Gasteiger partial charge < -0.3 is 19.3 Å². The Morgan fingerprint density at radius 2 is 1.87 bits per heavy atom. The first-order valence-corrected chi connectivity index (χ1v) is 10.4. The van der Waals surface area contributed by atoms with E-state index in [1.165, 1.54) is 5.56 Å². The molecule has 0 saturated heterocycles. The Balaban J connectivity index is 1.66. The number of carbonyl (C=O) groups excluding carboxylic acids is 1. The summed E-state index contributed by atoms with van der Waals surface area (Å²) in [6.07, 6.45) is 1.21. The van der Waals surface area contributed by atoms with E-state index >= 15 is 0 Å². The van der Waals surface area contributed by atoms with Gasteiger partial charge in [-0.05, 0) is 30.9 Å². The Hall–Kier alpha value is -3.54. The zero-order valence-corrected chi connectivity index (χ0v) is 17.8. The van der Waals surface area contributed by atoms with Crippen LogP contribution in [0.1, 0.15) is 47.1 Å². The molecule has 6 heteroatoms. The summed E-state index contributed by atoms with van der Waals surface area (Å²) in [7, 11) is 3.25. The Morgan fingerprint density at radius 3 is 2.61 bits per heavy atom. The van der Waals surface area contributed by atoms with E-state index in [0.717, 1.165) is 34.5 Å². The minimum atomic E-state index is -0.303. The van der Waals surface area contributed by atoms with Crippen LogP contribution in [0.25, 0.3) is 0 Å². The van der Waals surface area contributed by atoms with Gasteiger partial charge in [0.1, 0.15) is 11.5 Å². The molecule has 1 aromatic heterocycles. The first-order valence-electron chi connectivity index (χ1n) is 10.4. The number of rotatable bonds is 4. The van der Waals surface area contributed by atoms with Gasteiger partial charge in [-0.3, -0.25) is 4.79 Å². The van der Waals surface area contributed by atoms with Crippen LogP contribution < -0.4 is 14.8 Å². The fraction of sp³-hybridized carbons (Fsp3) is 0.280. The van der Waals surface area contributed by atoms with E-state index in [4.69, 9.17) is 14.0 Å². The highest BCUT2D eigenvalue weighted by molar-refractivity contribution is 6.01. The lowest BCUT2D eigenvalue weighted by atomic mass is 9.72. The molecule has 0 fully saturated rings. The number of allylic oxidation sites excluding steroid dienone is 2. The van der Waals surface area contributed by atoms with E-state index in [2.05, 4.69) is 22.6 Å². The third kappa shape index (κ3) is 3.19. The second-order valence-electron chi connectivity index (χ2n) is 8.01. The van der Waals surface area contributed by atoms with Crippen LogP contribution >= 0.6 is 0 Å². The molecule has 2 aromatic carbocycles. The second kappa shape index (κ2) is 7.61. The Morgan fingerprint density at radius 1 is 1.06 bits per heavy atom. The molecule has 5 rings (SSSR count). The van der Waals surface area contributed by atoms with Crippen molar-refractivity contribution in [3.63, 3.8) is 0 Å². The normalized spacial score (nSPS) is 20.0. The summed E-state index contributed by atoms with van der Waals surface area (Å²) in [6, 6.07) is 15.9. The van der Waals surface area contributed by atoms with Gasteiger partial charge in [0, 0.05) is 29.3 Å². The van der Waals surface area contributed by atoms with Crippen molar-refractivity contribution in [3.8, 4) is 11.5 Å². The van der Waals surface area contributed by atoms with E-state index in [0.29, 0.717) is 23.8 Å². The van der Waals surface area contributed by atoms with Crippen LogP contribution in [0.5, 0.6) is 11.5 Å². The molecule has 0 saturated carbocycles. The summed E-state index contributed by atoms with van der Waals surface area (Å²) in [5.74, 6) is 1.93. The molecule has 31 heavy (non-hydrogen) atoms. The smallest absolute Gasteiger partial charge is 0.233 e. The minimum Gasteiger partial charge on any atom is -0.497 e. The van der Waals surface area contributed by atoms with Crippen LogP contribution in [0.3, 0.4) is 0 Å². The monoisotopic (exact) mass is 416 g/mol. The number of nitrogens with one attached hydrogen (secondary N) is 1. The fourth-order valence-corrected chi connectivity index (χ4v) is 4.80. The standard InChI is InChI=1S/C25H24N2O4/c1-14-22-23(18-10-9-17(29-2)13-21(18)30-3)24-19(26-25(22)31-27-14)11-16(12-20(24)28)15-7-5-4-6-8-15/h4-10,13,16,23,26H,11-12H2,1-3H3. The van der Waals surface area contributed by atoms with Gasteiger partial charge in [0.05, 0.1) is 31.4 Å². The van der Waals surface area contributed by atoms with E-state index in [9.17, 15) is 4.79 Å². The average Bonchev–Trinajstić information content (AvgIpc) is 3.18. The molecule has 2 aliphatic rings. The van der Waals surface area contributed by atoms with Crippen LogP contribution in [-0.4, -0.2) is 25.2 Å². The predicted octanol–water partition coefficient (Wildman–Crippen LogP) is 4.96. The van der Waals surface area contributed by atoms with Crippen molar-refractivity contribution in [1.29, 1.82) is 0 Å². The number of aryl methyl sites for hydroxylation is 1. The van der Waals surface area contributed by atoms with Gasteiger partial charge in [-0.1, -0.05) is 41.6 Å². The largest absolute Gasteiger partial charge is 0.497 e. The maximum atomic E-state index is 13.5. The van der Waals surface area contributed by atoms with Crippen molar-refractivity contribution in [2.75, 3.05) is 19.5 Å². The van der Waals surface area contributed by atoms with E-state index < -0.39 is 0 Å². The highest BCUT2D eigenvalue weighted by Crippen LogP contribution is 2.51. The predicted molar refractivity (Wildman–Crippen MR) is 117 cm³/mol. The van der Waals surface area contributed by atoms with Crippen molar-refractivity contribution in [2.24, 2.45) is 0 Å². The molecule has 3 aromatic rings. The average molecular weight is 416 g/mol. The van der Waals surface area contributed by atoms with Crippen molar-refractivity contribution in [2.45, 2.75) is 31.6 Å². The number of carbonyl (C=O) groups is 1. The first kappa shape index (κ1) is 19.4. The van der Waals surface area contributed by atoms with E-state index in [-0.39, 0.29) is 17.6 Å². The lowest BCUT2D eigenvalue weighted by Gasteiger charge is -2.35.